The fraction of sp³-hybridized carbons (Fsp3) is 0.231. The van der Waals surface area contributed by atoms with Crippen molar-refractivity contribution in [1.82, 2.24) is 19.6 Å². The van der Waals surface area contributed by atoms with Crippen LogP contribution in [0.4, 0.5) is 0 Å². The van der Waals surface area contributed by atoms with Crippen LogP contribution in [0.3, 0.4) is 0 Å². The van der Waals surface area contributed by atoms with Crippen molar-refractivity contribution < 1.29 is 5.11 Å². The first-order valence-electron chi connectivity index (χ1n) is 5.76. The smallest absolute Gasteiger partial charge is 0.140 e. The van der Waals surface area contributed by atoms with Gasteiger partial charge in [-0.1, -0.05) is 18.2 Å². The van der Waals surface area contributed by atoms with Gasteiger partial charge in [-0.2, -0.15) is 10.2 Å². The SMILES string of the molecule is Cn1nccc1C(O)c1nn(C)c2ccccc12. The average molecular weight is 242 g/mol. The zero-order valence-electron chi connectivity index (χ0n) is 10.3. The second kappa shape index (κ2) is 3.96. The zero-order chi connectivity index (χ0) is 12.7. The van der Waals surface area contributed by atoms with E-state index >= 15 is 0 Å². The normalized spacial score (nSPS) is 13.1. The molecule has 3 aromatic rings. The lowest BCUT2D eigenvalue weighted by Gasteiger charge is -2.08. The highest BCUT2D eigenvalue weighted by atomic mass is 16.3. The Kier molecular flexibility index (Phi) is 2.41. The van der Waals surface area contributed by atoms with Gasteiger partial charge in [0.2, 0.25) is 0 Å². The lowest BCUT2D eigenvalue weighted by molar-refractivity contribution is 0.205. The minimum absolute atomic E-state index is 0.664. The van der Waals surface area contributed by atoms with E-state index in [1.807, 2.05) is 38.4 Å². The Morgan fingerprint density at radius 2 is 1.89 bits per heavy atom. The highest BCUT2D eigenvalue weighted by Gasteiger charge is 2.20. The third kappa shape index (κ3) is 1.52. The highest BCUT2D eigenvalue weighted by molar-refractivity contribution is 5.82. The highest BCUT2D eigenvalue weighted by Crippen LogP contribution is 2.27. The lowest BCUT2D eigenvalue weighted by Crippen LogP contribution is -2.07. The number of aliphatic hydroxyl groups excluding tert-OH is 1. The van der Waals surface area contributed by atoms with E-state index in [0.717, 1.165) is 16.6 Å². The van der Waals surface area contributed by atoms with E-state index in [0.29, 0.717) is 5.69 Å². The molecule has 1 atom stereocenters. The van der Waals surface area contributed by atoms with E-state index in [-0.39, 0.29) is 0 Å². The fourth-order valence-corrected chi connectivity index (χ4v) is 2.24. The molecule has 3 rings (SSSR count). The Hall–Kier alpha value is -2.14. The maximum Gasteiger partial charge on any atom is 0.140 e. The van der Waals surface area contributed by atoms with Gasteiger partial charge in [0.25, 0.3) is 0 Å². The molecule has 5 heteroatoms. The van der Waals surface area contributed by atoms with Gasteiger partial charge in [-0.25, -0.2) is 0 Å². The van der Waals surface area contributed by atoms with E-state index in [9.17, 15) is 5.11 Å². The average Bonchev–Trinajstić information content (AvgIpc) is 2.94. The van der Waals surface area contributed by atoms with Gasteiger partial charge in [0.1, 0.15) is 11.8 Å². The molecule has 0 spiro atoms. The summed E-state index contributed by atoms with van der Waals surface area (Å²) < 4.78 is 3.44. The molecule has 18 heavy (non-hydrogen) atoms. The summed E-state index contributed by atoms with van der Waals surface area (Å²) in [6.07, 6.45) is 0.910. The van der Waals surface area contributed by atoms with Crippen molar-refractivity contribution in [2.24, 2.45) is 14.1 Å². The van der Waals surface area contributed by atoms with Crippen molar-refractivity contribution in [3.8, 4) is 0 Å². The fourth-order valence-electron chi connectivity index (χ4n) is 2.24. The number of aliphatic hydroxyl groups is 1. The molecule has 1 aromatic carbocycles. The number of hydrogen-bond acceptors (Lipinski definition) is 3. The number of rotatable bonds is 2. The number of aromatic nitrogens is 4. The number of hydrogen-bond donors (Lipinski definition) is 1. The largest absolute Gasteiger partial charge is 0.380 e. The van der Waals surface area contributed by atoms with E-state index < -0.39 is 6.10 Å². The molecular formula is C13H14N4O. The van der Waals surface area contributed by atoms with Crippen LogP contribution in [0.1, 0.15) is 17.5 Å². The van der Waals surface area contributed by atoms with Crippen LogP contribution >= 0.6 is 0 Å². The van der Waals surface area contributed by atoms with Gasteiger partial charge in [-0.3, -0.25) is 9.36 Å². The molecule has 0 saturated carbocycles. The van der Waals surface area contributed by atoms with E-state index in [1.54, 1.807) is 21.6 Å². The second-order valence-corrected chi connectivity index (χ2v) is 4.31. The summed E-state index contributed by atoms with van der Waals surface area (Å²) in [5.74, 6) is 0. The topological polar surface area (TPSA) is 55.9 Å². The Morgan fingerprint density at radius 1 is 1.11 bits per heavy atom. The molecule has 0 radical (unpaired) electrons. The molecule has 0 aliphatic heterocycles. The van der Waals surface area contributed by atoms with Crippen LogP contribution in [-0.2, 0) is 14.1 Å². The first-order valence-corrected chi connectivity index (χ1v) is 5.76. The summed E-state index contributed by atoms with van der Waals surface area (Å²) in [6.45, 7) is 0. The first-order chi connectivity index (χ1) is 8.68. The van der Waals surface area contributed by atoms with Crippen LogP contribution in [-0.4, -0.2) is 24.7 Å². The number of fused-ring (bicyclic) bond motifs is 1. The van der Waals surface area contributed by atoms with Crippen molar-refractivity contribution in [3.05, 3.63) is 47.9 Å². The maximum absolute atomic E-state index is 10.4. The molecule has 0 amide bonds. The molecule has 0 saturated heterocycles. The Labute approximate surface area is 104 Å². The molecule has 1 N–H and O–H groups in total. The van der Waals surface area contributed by atoms with Gasteiger partial charge in [0.05, 0.1) is 11.2 Å². The Bertz CT molecular complexity index is 698. The monoisotopic (exact) mass is 242 g/mol. The van der Waals surface area contributed by atoms with Gasteiger partial charge in [-0.15, -0.1) is 0 Å². The van der Waals surface area contributed by atoms with E-state index in [2.05, 4.69) is 10.2 Å². The standard InChI is InChI=1S/C13H14N4O/c1-16-11(7-8-14-16)13(18)12-9-5-3-4-6-10(9)17(2)15-12/h3-8,13,18H,1-2H3. The molecule has 0 fully saturated rings. The Morgan fingerprint density at radius 3 is 2.61 bits per heavy atom. The summed E-state index contributed by atoms with van der Waals surface area (Å²) in [5, 5.41) is 19.9. The number of benzene rings is 1. The quantitative estimate of drug-likeness (QED) is 0.738. The van der Waals surface area contributed by atoms with Crippen molar-refractivity contribution in [2.45, 2.75) is 6.10 Å². The molecule has 2 aromatic heterocycles. The summed E-state index contributed by atoms with van der Waals surface area (Å²) >= 11 is 0. The van der Waals surface area contributed by atoms with E-state index in [4.69, 9.17) is 0 Å². The molecule has 2 heterocycles. The van der Waals surface area contributed by atoms with Crippen LogP contribution in [0.2, 0.25) is 0 Å². The third-order valence-electron chi connectivity index (χ3n) is 3.18. The predicted octanol–water partition coefficient (Wildman–Crippen LogP) is 1.39. The van der Waals surface area contributed by atoms with Crippen LogP contribution in [0.25, 0.3) is 10.9 Å². The summed E-state index contributed by atoms with van der Waals surface area (Å²) in [7, 11) is 3.69. The number of aryl methyl sites for hydroxylation is 2. The van der Waals surface area contributed by atoms with Crippen LogP contribution in [0, 0.1) is 0 Å². The summed E-state index contributed by atoms with van der Waals surface area (Å²) in [4.78, 5) is 0. The van der Waals surface area contributed by atoms with Gasteiger partial charge >= 0.3 is 0 Å². The van der Waals surface area contributed by atoms with Crippen LogP contribution < -0.4 is 0 Å². The number of para-hydroxylation sites is 1. The van der Waals surface area contributed by atoms with Crippen molar-refractivity contribution in [2.75, 3.05) is 0 Å². The molecular weight excluding hydrogens is 228 g/mol. The molecule has 0 aliphatic carbocycles. The summed E-state index contributed by atoms with van der Waals surface area (Å²) in [6, 6.07) is 9.67. The van der Waals surface area contributed by atoms with Gasteiger partial charge in [0, 0.05) is 25.7 Å². The molecule has 1 unspecified atom stereocenters. The summed E-state index contributed by atoms with van der Waals surface area (Å²) in [5.41, 5.74) is 2.41. The van der Waals surface area contributed by atoms with Gasteiger partial charge in [0.15, 0.2) is 0 Å². The van der Waals surface area contributed by atoms with E-state index in [1.165, 1.54) is 0 Å². The molecule has 0 bridgehead atoms. The van der Waals surface area contributed by atoms with Crippen LogP contribution in [0.15, 0.2) is 36.5 Å². The maximum atomic E-state index is 10.4. The van der Waals surface area contributed by atoms with Crippen LogP contribution in [0.5, 0.6) is 0 Å². The lowest BCUT2D eigenvalue weighted by atomic mass is 10.1. The molecule has 92 valence electrons. The third-order valence-corrected chi connectivity index (χ3v) is 3.18. The molecule has 5 nitrogen and oxygen atoms in total. The Balaban J connectivity index is 2.18. The van der Waals surface area contributed by atoms with Crippen molar-refractivity contribution in [3.63, 3.8) is 0 Å². The minimum Gasteiger partial charge on any atom is -0.380 e. The second-order valence-electron chi connectivity index (χ2n) is 4.31. The van der Waals surface area contributed by atoms with Gasteiger partial charge < -0.3 is 5.11 Å². The number of nitrogens with zero attached hydrogens (tertiary/aromatic N) is 4. The minimum atomic E-state index is -0.761. The van der Waals surface area contributed by atoms with Crippen molar-refractivity contribution in [1.29, 1.82) is 0 Å². The molecule has 0 aliphatic rings. The zero-order valence-corrected chi connectivity index (χ0v) is 10.3. The van der Waals surface area contributed by atoms with Gasteiger partial charge in [-0.05, 0) is 12.1 Å². The first kappa shape index (κ1) is 11.0. The predicted molar refractivity (Wildman–Crippen MR) is 68.0 cm³/mol. The van der Waals surface area contributed by atoms with Crippen molar-refractivity contribution >= 4 is 10.9 Å².